The summed E-state index contributed by atoms with van der Waals surface area (Å²) in [6.07, 6.45) is 1.76. The maximum Gasteiger partial charge on any atom is 0.341 e. The van der Waals surface area contributed by atoms with Gasteiger partial charge in [0.05, 0.1) is 40.6 Å². The van der Waals surface area contributed by atoms with Crippen LogP contribution in [0.3, 0.4) is 0 Å². The lowest BCUT2D eigenvalue weighted by molar-refractivity contribution is -0.143. The molecule has 6 nitrogen and oxygen atoms in total. The Balaban J connectivity index is 3.09. The van der Waals surface area contributed by atoms with E-state index in [2.05, 4.69) is 4.99 Å². The summed E-state index contributed by atoms with van der Waals surface area (Å²) in [5, 5.41) is 9.10. The van der Waals surface area contributed by atoms with Gasteiger partial charge < -0.3 is 9.47 Å². The predicted molar refractivity (Wildman–Crippen MR) is 90.9 cm³/mol. The standard InChI is InChI=1S/C16H16Cl2N2O4/c1-3-7-24-16(22)13-11(17)5-6-12(14(13)18)20-9-10(8-19)15(21)23-4-2/h5-6,9-10H,3-4,7H2,1-2H3. The van der Waals surface area contributed by atoms with Gasteiger partial charge in [-0.3, -0.25) is 9.79 Å². The highest BCUT2D eigenvalue weighted by molar-refractivity contribution is 6.41. The number of halogens is 2. The molecule has 0 N–H and O–H groups in total. The van der Waals surface area contributed by atoms with E-state index in [1.165, 1.54) is 12.1 Å². The summed E-state index contributed by atoms with van der Waals surface area (Å²) in [6.45, 7) is 3.88. The fourth-order valence-electron chi connectivity index (χ4n) is 1.63. The van der Waals surface area contributed by atoms with Crippen LogP contribution in [0.1, 0.15) is 30.6 Å². The number of carbonyl (C=O) groups excluding carboxylic acids is 2. The second-order valence-electron chi connectivity index (χ2n) is 4.53. The Morgan fingerprint density at radius 3 is 2.62 bits per heavy atom. The van der Waals surface area contributed by atoms with Crippen molar-refractivity contribution in [1.29, 1.82) is 5.26 Å². The van der Waals surface area contributed by atoms with Crippen LogP contribution in [0.15, 0.2) is 17.1 Å². The van der Waals surface area contributed by atoms with E-state index in [0.29, 0.717) is 6.42 Å². The lowest BCUT2D eigenvalue weighted by Crippen LogP contribution is -2.17. The second-order valence-corrected chi connectivity index (χ2v) is 5.31. The largest absolute Gasteiger partial charge is 0.465 e. The number of esters is 2. The Morgan fingerprint density at radius 1 is 1.33 bits per heavy atom. The summed E-state index contributed by atoms with van der Waals surface area (Å²) in [6, 6.07) is 4.68. The summed E-state index contributed by atoms with van der Waals surface area (Å²) in [5.41, 5.74) is 0.181. The molecule has 0 heterocycles. The average molecular weight is 371 g/mol. The van der Waals surface area contributed by atoms with Crippen molar-refractivity contribution in [2.75, 3.05) is 13.2 Å². The molecule has 1 unspecified atom stereocenters. The molecule has 0 fully saturated rings. The first kappa shape index (κ1) is 19.9. The Bertz CT molecular complexity index is 683. The van der Waals surface area contributed by atoms with E-state index in [4.69, 9.17) is 37.9 Å². The number of carbonyl (C=O) groups is 2. The predicted octanol–water partition coefficient (Wildman–Crippen LogP) is 3.97. The van der Waals surface area contributed by atoms with Gasteiger partial charge in [0.2, 0.25) is 0 Å². The number of rotatable bonds is 7. The number of benzene rings is 1. The summed E-state index contributed by atoms with van der Waals surface area (Å²) in [5.74, 6) is -2.55. The van der Waals surface area contributed by atoms with Crippen molar-refractivity contribution in [1.82, 2.24) is 0 Å². The monoisotopic (exact) mass is 370 g/mol. The van der Waals surface area contributed by atoms with E-state index in [1.807, 2.05) is 6.92 Å². The van der Waals surface area contributed by atoms with Crippen LogP contribution in [-0.4, -0.2) is 31.4 Å². The number of ether oxygens (including phenoxy) is 2. The van der Waals surface area contributed by atoms with Crippen molar-refractivity contribution in [2.24, 2.45) is 10.9 Å². The molecule has 0 aliphatic rings. The van der Waals surface area contributed by atoms with Gasteiger partial charge in [-0.2, -0.15) is 5.26 Å². The van der Waals surface area contributed by atoms with Crippen LogP contribution in [0.2, 0.25) is 10.0 Å². The Hall–Kier alpha value is -2.10. The highest BCUT2D eigenvalue weighted by Gasteiger charge is 2.20. The molecule has 0 saturated carbocycles. The number of hydrogen-bond donors (Lipinski definition) is 0. The topological polar surface area (TPSA) is 88.8 Å². The SMILES string of the molecule is CCCOC(=O)c1c(Cl)ccc(N=CC(C#N)C(=O)OCC)c1Cl. The molecule has 0 amide bonds. The molecular weight excluding hydrogens is 355 g/mol. The fraction of sp³-hybridized carbons (Fsp3) is 0.375. The third-order valence-electron chi connectivity index (χ3n) is 2.75. The zero-order valence-corrected chi connectivity index (χ0v) is 14.7. The van der Waals surface area contributed by atoms with Gasteiger partial charge in [0, 0.05) is 6.21 Å². The maximum absolute atomic E-state index is 12.0. The minimum atomic E-state index is -1.17. The van der Waals surface area contributed by atoms with Crippen molar-refractivity contribution in [2.45, 2.75) is 20.3 Å². The maximum atomic E-state index is 12.0. The Labute approximate surface area is 150 Å². The molecule has 0 spiro atoms. The molecule has 0 aromatic heterocycles. The molecule has 0 saturated heterocycles. The number of aliphatic imine (C=N–C) groups is 1. The lowest BCUT2D eigenvalue weighted by atomic mass is 10.2. The first-order valence-corrected chi connectivity index (χ1v) is 7.97. The molecule has 1 aromatic carbocycles. The van der Waals surface area contributed by atoms with E-state index < -0.39 is 17.9 Å². The van der Waals surface area contributed by atoms with Gasteiger partial charge in [-0.1, -0.05) is 30.1 Å². The van der Waals surface area contributed by atoms with Gasteiger partial charge >= 0.3 is 11.9 Å². The van der Waals surface area contributed by atoms with Crippen LogP contribution >= 0.6 is 23.2 Å². The van der Waals surface area contributed by atoms with Gasteiger partial charge in [0.15, 0.2) is 5.92 Å². The van der Waals surface area contributed by atoms with Crippen molar-refractivity contribution in [3.63, 3.8) is 0 Å². The number of nitrogens with zero attached hydrogens (tertiary/aromatic N) is 2. The van der Waals surface area contributed by atoms with Gasteiger partial charge in [0.1, 0.15) is 0 Å². The minimum absolute atomic E-state index is 0.00826. The average Bonchev–Trinajstić information content (AvgIpc) is 2.55. The van der Waals surface area contributed by atoms with Crippen molar-refractivity contribution >= 4 is 47.0 Å². The van der Waals surface area contributed by atoms with Crippen LogP contribution in [0, 0.1) is 17.2 Å². The van der Waals surface area contributed by atoms with Gasteiger partial charge in [-0.05, 0) is 25.5 Å². The van der Waals surface area contributed by atoms with E-state index in [1.54, 1.807) is 13.0 Å². The number of nitriles is 1. The zero-order chi connectivity index (χ0) is 18.1. The quantitative estimate of drug-likeness (QED) is 0.535. The highest BCUT2D eigenvalue weighted by Crippen LogP contribution is 2.34. The Kier molecular flexibility index (Phi) is 8.24. The number of hydrogen-bond acceptors (Lipinski definition) is 6. The fourth-order valence-corrected chi connectivity index (χ4v) is 2.20. The first-order chi connectivity index (χ1) is 11.5. The molecule has 0 aliphatic carbocycles. The molecule has 0 bridgehead atoms. The first-order valence-electron chi connectivity index (χ1n) is 7.21. The van der Waals surface area contributed by atoms with Gasteiger partial charge in [0.25, 0.3) is 0 Å². The summed E-state index contributed by atoms with van der Waals surface area (Å²) in [7, 11) is 0. The van der Waals surface area contributed by atoms with Gasteiger partial charge in [-0.25, -0.2) is 4.79 Å². The molecule has 128 valence electrons. The zero-order valence-electron chi connectivity index (χ0n) is 13.2. The van der Waals surface area contributed by atoms with Crippen molar-refractivity contribution in [3.05, 3.63) is 27.7 Å². The summed E-state index contributed by atoms with van der Waals surface area (Å²) in [4.78, 5) is 27.6. The van der Waals surface area contributed by atoms with E-state index in [-0.39, 0.29) is 34.5 Å². The molecular formula is C16H16Cl2N2O4. The van der Waals surface area contributed by atoms with E-state index >= 15 is 0 Å². The lowest BCUT2D eigenvalue weighted by Gasteiger charge is -2.09. The van der Waals surface area contributed by atoms with E-state index in [0.717, 1.165) is 6.21 Å². The molecule has 0 aliphatic heterocycles. The van der Waals surface area contributed by atoms with Crippen molar-refractivity contribution in [3.8, 4) is 6.07 Å². The van der Waals surface area contributed by atoms with E-state index in [9.17, 15) is 9.59 Å². The normalized spacial score (nSPS) is 11.8. The highest BCUT2D eigenvalue weighted by atomic mass is 35.5. The van der Waals surface area contributed by atoms with Crippen LogP contribution in [-0.2, 0) is 14.3 Å². The molecule has 24 heavy (non-hydrogen) atoms. The summed E-state index contributed by atoms with van der Waals surface area (Å²) < 4.78 is 9.78. The van der Waals surface area contributed by atoms with Crippen LogP contribution in [0.5, 0.6) is 0 Å². The Morgan fingerprint density at radius 2 is 2.04 bits per heavy atom. The van der Waals surface area contributed by atoms with Crippen LogP contribution in [0.4, 0.5) is 5.69 Å². The minimum Gasteiger partial charge on any atom is -0.465 e. The summed E-state index contributed by atoms with van der Waals surface area (Å²) >= 11 is 12.2. The third kappa shape index (κ3) is 5.22. The van der Waals surface area contributed by atoms with Gasteiger partial charge in [-0.15, -0.1) is 0 Å². The molecule has 1 aromatic rings. The molecule has 8 heteroatoms. The molecule has 1 atom stereocenters. The van der Waals surface area contributed by atoms with Crippen LogP contribution in [0.25, 0.3) is 0 Å². The smallest absolute Gasteiger partial charge is 0.341 e. The van der Waals surface area contributed by atoms with Crippen molar-refractivity contribution < 1.29 is 19.1 Å². The van der Waals surface area contributed by atoms with Crippen LogP contribution < -0.4 is 0 Å². The molecule has 0 radical (unpaired) electrons. The second kappa shape index (κ2) is 9.91. The third-order valence-corrected chi connectivity index (χ3v) is 3.45. The molecule has 1 rings (SSSR count).